The van der Waals surface area contributed by atoms with Crippen LogP contribution in [0.1, 0.15) is 11.1 Å². The second kappa shape index (κ2) is 7.85. The Morgan fingerprint density at radius 1 is 1.12 bits per heavy atom. The maximum atomic E-state index is 12.5. The first-order valence-electron chi connectivity index (χ1n) is 7.47. The number of hydrogen-bond donors (Lipinski definition) is 0. The van der Waals surface area contributed by atoms with Gasteiger partial charge in [-0.25, -0.2) is 0 Å². The fraction of sp³-hybridized carbons (Fsp3) is 0.235. The number of nitro groups is 1. The third kappa shape index (κ3) is 5.20. The zero-order valence-corrected chi connectivity index (χ0v) is 13.7. The molecule has 0 atom stereocenters. The van der Waals surface area contributed by atoms with E-state index in [4.69, 9.17) is 0 Å². The van der Waals surface area contributed by atoms with E-state index in [2.05, 4.69) is 4.74 Å². The Bertz CT molecular complexity index is 809. The highest BCUT2D eigenvalue weighted by molar-refractivity contribution is 5.79. The molecule has 9 heteroatoms. The van der Waals surface area contributed by atoms with Crippen LogP contribution in [0.5, 0.6) is 5.75 Å². The number of hydrogen-bond acceptors (Lipinski definition) is 4. The van der Waals surface area contributed by atoms with Crippen molar-refractivity contribution in [2.24, 2.45) is 0 Å². The largest absolute Gasteiger partial charge is 0.573 e. The van der Waals surface area contributed by atoms with Crippen LogP contribution in [0.3, 0.4) is 0 Å². The summed E-state index contributed by atoms with van der Waals surface area (Å²) in [5, 5.41) is 11.0. The van der Waals surface area contributed by atoms with Gasteiger partial charge in [-0.1, -0.05) is 36.4 Å². The quantitative estimate of drug-likeness (QED) is 0.576. The fourth-order valence-corrected chi connectivity index (χ4v) is 2.34. The SMILES string of the molecule is CN(Cc1ccccc1OC(F)(F)F)C(=O)Cc1ccccc1[N+](=O)[O-]. The molecule has 0 aliphatic carbocycles. The molecular weight excluding hydrogens is 353 g/mol. The number of carbonyl (C=O) groups excluding carboxylic acids is 1. The Kier molecular flexibility index (Phi) is 5.81. The molecule has 0 saturated heterocycles. The van der Waals surface area contributed by atoms with Crippen molar-refractivity contribution in [3.63, 3.8) is 0 Å². The van der Waals surface area contributed by atoms with Gasteiger partial charge in [0, 0.05) is 30.8 Å². The summed E-state index contributed by atoms with van der Waals surface area (Å²) < 4.78 is 41.3. The molecule has 0 N–H and O–H groups in total. The maximum absolute atomic E-state index is 12.5. The van der Waals surface area contributed by atoms with Crippen molar-refractivity contribution in [1.29, 1.82) is 0 Å². The third-order valence-electron chi connectivity index (χ3n) is 3.56. The van der Waals surface area contributed by atoms with Crippen molar-refractivity contribution in [3.05, 3.63) is 69.8 Å². The molecule has 0 bridgehead atoms. The minimum absolute atomic E-state index is 0.133. The van der Waals surface area contributed by atoms with Gasteiger partial charge in [0.05, 0.1) is 11.3 Å². The van der Waals surface area contributed by atoms with Crippen molar-refractivity contribution in [3.8, 4) is 5.75 Å². The predicted octanol–water partition coefficient (Wildman–Crippen LogP) is 3.69. The molecule has 26 heavy (non-hydrogen) atoms. The summed E-state index contributed by atoms with van der Waals surface area (Å²) in [5.74, 6) is -0.869. The lowest BCUT2D eigenvalue weighted by molar-refractivity contribution is -0.385. The van der Waals surface area contributed by atoms with Crippen LogP contribution in [-0.2, 0) is 17.8 Å². The van der Waals surface area contributed by atoms with Crippen molar-refractivity contribution < 1.29 is 27.6 Å². The molecule has 0 heterocycles. The highest BCUT2D eigenvalue weighted by Gasteiger charge is 2.32. The number of rotatable bonds is 6. The molecule has 0 saturated carbocycles. The van der Waals surface area contributed by atoms with Crippen LogP contribution in [0.25, 0.3) is 0 Å². The normalized spacial score (nSPS) is 11.1. The van der Waals surface area contributed by atoms with Crippen LogP contribution < -0.4 is 4.74 Å². The lowest BCUT2D eigenvalue weighted by Gasteiger charge is -2.20. The Morgan fingerprint density at radius 2 is 1.69 bits per heavy atom. The van der Waals surface area contributed by atoms with Crippen molar-refractivity contribution >= 4 is 11.6 Å². The first kappa shape index (κ1) is 19.2. The van der Waals surface area contributed by atoms with Gasteiger partial charge in [0.1, 0.15) is 5.75 Å². The molecule has 0 spiro atoms. The number of amides is 1. The van der Waals surface area contributed by atoms with E-state index < -0.39 is 22.9 Å². The highest BCUT2D eigenvalue weighted by atomic mass is 19.4. The molecule has 1 amide bonds. The minimum Gasteiger partial charge on any atom is -0.405 e. The smallest absolute Gasteiger partial charge is 0.405 e. The van der Waals surface area contributed by atoms with Crippen LogP contribution in [0.15, 0.2) is 48.5 Å². The zero-order chi connectivity index (χ0) is 19.3. The summed E-state index contributed by atoms with van der Waals surface area (Å²) in [6.45, 7) is -0.133. The molecule has 0 aliphatic heterocycles. The van der Waals surface area contributed by atoms with E-state index in [1.165, 1.54) is 48.3 Å². The molecule has 2 rings (SSSR count). The van der Waals surface area contributed by atoms with E-state index in [1.54, 1.807) is 6.07 Å². The van der Waals surface area contributed by atoms with Gasteiger partial charge in [0.2, 0.25) is 5.91 Å². The van der Waals surface area contributed by atoms with Crippen molar-refractivity contribution in [2.45, 2.75) is 19.3 Å². The van der Waals surface area contributed by atoms with Gasteiger partial charge in [0.25, 0.3) is 5.69 Å². The number of nitro benzene ring substituents is 1. The number of likely N-dealkylation sites (N-methyl/N-ethyl adjacent to an activating group) is 1. The van der Waals surface area contributed by atoms with E-state index in [0.29, 0.717) is 0 Å². The lowest BCUT2D eigenvalue weighted by Crippen LogP contribution is -2.28. The molecule has 2 aromatic carbocycles. The van der Waals surface area contributed by atoms with Gasteiger partial charge in [-0.05, 0) is 6.07 Å². The number of carbonyl (C=O) groups is 1. The topological polar surface area (TPSA) is 72.7 Å². The van der Waals surface area contributed by atoms with Crippen LogP contribution in [-0.4, -0.2) is 29.1 Å². The Balaban J connectivity index is 2.12. The lowest BCUT2D eigenvalue weighted by atomic mass is 10.1. The summed E-state index contributed by atoms with van der Waals surface area (Å²) in [7, 11) is 1.40. The number of nitrogens with zero attached hydrogens (tertiary/aromatic N) is 2. The Morgan fingerprint density at radius 3 is 2.31 bits per heavy atom. The first-order chi connectivity index (χ1) is 12.2. The summed E-state index contributed by atoms with van der Waals surface area (Å²) in [6, 6.07) is 11.3. The average molecular weight is 368 g/mol. The van der Waals surface area contributed by atoms with Crippen LogP contribution in [0.2, 0.25) is 0 Å². The van der Waals surface area contributed by atoms with Gasteiger partial charge in [0.15, 0.2) is 0 Å². The number of para-hydroxylation sites is 2. The number of ether oxygens (including phenoxy) is 1. The van der Waals surface area contributed by atoms with Crippen LogP contribution >= 0.6 is 0 Å². The third-order valence-corrected chi connectivity index (χ3v) is 3.56. The average Bonchev–Trinajstić information content (AvgIpc) is 2.55. The molecule has 0 unspecified atom stereocenters. The van der Waals surface area contributed by atoms with Gasteiger partial charge in [-0.3, -0.25) is 14.9 Å². The molecule has 138 valence electrons. The zero-order valence-electron chi connectivity index (χ0n) is 13.7. The molecule has 0 fully saturated rings. The van der Waals surface area contributed by atoms with Gasteiger partial charge >= 0.3 is 6.36 Å². The number of halogens is 3. The van der Waals surface area contributed by atoms with Crippen molar-refractivity contribution in [1.82, 2.24) is 4.90 Å². The summed E-state index contributed by atoms with van der Waals surface area (Å²) >= 11 is 0. The molecule has 0 radical (unpaired) electrons. The van der Waals surface area contributed by atoms with Gasteiger partial charge in [-0.15, -0.1) is 13.2 Å². The predicted molar refractivity (Wildman–Crippen MR) is 86.4 cm³/mol. The van der Waals surface area contributed by atoms with E-state index >= 15 is 0 Å². The summed E-state index contributed by atoms with van der Waals surface area (Å²) in [5.41, 5.74) is 0.215. The van der Waals surface area contributed by atoms with E-state index in [0.717, 1.165) is 6.07 Å². The first-order valence-corrected chi connectivity index (χ1v) is 7.47. The summed E-state index contributed by atoms with van der Waals surface area (Å²) in [6.07, 6.45) is -5.08. The maximum Gasteiger partial charge on any atom is 0.573 e. The standard InChI is InChI=1S/C17H15F3N2O4/c1-21(11-13-7-3-5-9-15(13)26-17(18,19)20)16(23)10-12-6-2-4-8-14(12)22(24)25/h2-9H,10-11H2,1H3. The van der Waals surface area contributed by atoms with Crippen LogP contribution in [0, 0.1) is 10.1 Å². The molecule has 0 aromatic heterocycles. The van der Waals surface area contributed by atoms with Gasteiger partial charge in [-0.2, -0.15) is 0 Å². The molecule has 0 aliphatic rings. The second-order valence-corrected chi connectivity index (χ2v) is 5.47. The van der Waals surface area contributed by atoms with E-state index in [9.17, 15) is 28.1 Å². The Hall–Kier alpha value is -3.10. The van der Waals surface area contributed by atoms with E-state index in [-0.39, 0.29) is 29.8 Å². The molecule has 2 aromatic rings. The molecule has 6 nitrogen and oxygen atoms in total. The number of alkyl halides is 3. The van der Waals surface area contributed by atoms with Gasteiger partial charge < -0.3 is 9.64 Å². The highest BCUT2D eigenvalue weighted by Crippen LogP contribution is 2.27. The minimum atomic E-state index is -4.84. The summed E-state index contributed by atoms with van der Waals surface area (Å²) in [4.78, 5) is 23.9. The van der Waals surface area contributed by atoms with E-state index in [1.807, 2.05) is 0 Å². The number of benzene rings is 2. The monoisotopic (exact) mass is 368 g/mol. The fourth-order valence-electron chi connectivity index (χ4n) is 2.34. The second-order valence-electron chi connectivity index (χ2n) is 5.47. The molecular formula is C17H15F3N2O4. The van der Waals surface area contributed by atoms with Crippen LogP contribution in [0.4, 0.5) is 18.9 Å². The van der Waals surface area contributed by atoms with Crippen molar-refractivity contribution in [2.75, 3.05) is 7.05 Å². The Labute approximate surface area is 146 Å².